The van der Waals surface area contributed by atoms with Crippen LogP contribution in [0.3, 0.4) is 0 Å². The van der Waals surface area contributed by atoms with Gasteiger partial charge < -0.3 is 9.72 Å². The molecule has 0 aliphatic carbocycles. The maximum absolute atomic E-state index is 13.6. The van der Waals surface area contributed by atoms with Crippen molar-refractivity contribution in [2.45, 2.75) is 30.2 Å². The lowest BCUT2D eigenvalue weighted by atomic mass is 10.1. The Balaban J connectivity index is 1.41. The van der Waals surface area contributed by atoms with E-state index in [9.17, 15) is 22.4 Å². The fourth-order valence-electron chi connectivity index (χ4n) is 4.34. The molecule has 2 aliphatic rings. The Labute approximate surface area is 176 Å². The Hall–Kier alpha value is -2.98. The van der Waals surface area contributed by atoms with Crippen molar-refractivity contribution >= 4 is 20.9 Å². The van der Waals surface area contributed by atoms with Crippen LogP contribution < -0.4 is 16.0 Å². The summed E-state index contributed by atoms with van der Waals surface area (Å²) < 4.78 is 47.7. The highest BCUT2D eigenvalue weighted by atomic mass is 32.2. The molecule has 5 rings (SSSR count). The van der Waals surface area contributed by atoms with Crippen molar-refractivity contribution in [1.82, 2.24) is 13.9 Å². The lowest BCUT2D eigenvalue weighted by Gasteiger charge is -2.31. The van der Waals surface area contributed by atoms with Crippen LogP contribution >= 0.6 is 0 Å². The summed E-state index contributed by atoms with van der Waals surface area (Å²) in [6.45, 7) is 0.893. The van der Waals surface area contributed by atoms with E-state index in [4.69, 9.17) is 4.74 Å². The molecule has 8 nitrogen and oxygen atoms in total. The fraction of sp³-hybridized carbons (Fsp3) is 0.333. The van der Waals surface area contributed by atoms with Gasteiger partial charge >= 0.3 is 5.69 Å². The largest absolute Gasteiger partial charge is 0.493 e. The second-order valence-electron chi connectivity index (χ2n) is 7.80. The lowest BCUT2D eigenvalue weighted by Crippen LogP contribution is -2.45. The predicted molar refractivity (Wildman–Crippen MR) is 111 cm³/mol. The second kappa shape index (κ2) is 7.31. The summed E-state index contributed by atoms with van der Waals surface area (Å²) in [4.78, 5) is 28.2. The number of H-pyrrole nitrogens is 1. The Morgan fingerprint density at radius 2 is 1.84 bits per heavy atom. The highest BCUT2D eigenvalue weighted by Gasteiger charge is 2.32. The Morgan fingerprint density at radius 1 is 1.06 bits per heavy atom. The van der Waals surface area contributed by atoms with Crippen molar-refractivity contribution in [3.63, 3.8) is 0 Å². The molecule has 0 amide bonds. The third kappa shape index (κ3) is 3.35. The first-order valence-corrected chi connectivity index (χ1v) is 11.5. The number of hydrogen-bond acceptors (Lipinski definition) is 5. The number of piperidine rings is 1. The molecule has 10 heteroatoms. The molecule has 2 aliphatic heterocycles. The van der Waals surface area contributed by atoms with Gasteiger partial charge in [-0.05, 0) is 54.8 Å². The number of rotatable bonds is 3. The lowest BCUT2D eigenvalue weighted by molar-refractivity contribution is 0.266. The van der Waals surface area contributed by atoms with E-state index in [0.717, 1.165) is 16.2 Å². The first-order valence-electron chi connectivity index (χ1n) is 10.0. The summed E-state index contributed by atoms with van der Waals surface area (Å²) in [6.07, 6.45) is 1.28. The number of nitrogens with zero attached hydrogens (tertiary/aromatic N) is 2. The molecule has 0 unspecified atom stereocenters. The van der Waals surface area contributed by atoms with Crippen LogP contribution in [0, 0.1) is 5.82 Å². The van der Waals surface area contributed by atoms with Gasteiger partial charge in [0.2, 0.25) is 10.0 Å². The number of aromatic nitrogens is 2. The van der Waals surface area contributed by atoms with E-state index in [1.54, 1.807) is 18.2 Å². The molecule has 0 radical (unpaired) electrons. The molecule has 0 saturated carbocycles. The van der Waals surface area contributed by atoms with E-state index in [2.05, 4.69) is 4.98 Å². The molecular formula is C21H20FN3O5S. The highest BCUT2D eigenvalue weighted by molar-refractivity contribution is 7.89. The normalized spacial score (nSPS) is 17.6. The van der Waals surface area contributed by atoms with Crippen LogP contribution in [0.25, 0.3) is 10.9 Å². The van der Waals surface area contributed by atoms with Crippen molar-refractivity contribution in [3.05, 3.63) is 68.6 Å². The van der Waals surface area contributed by atoms with Crippen molar-refractivity contribution < 1.29 is 17.5 Å². The molecule has 3 heterocycles. The second-order valence-corrected chi connectivity index (χ2v) is 9.74. The Morgan fingerprint density at radius 3 is 2.61 bits per heavy atom. The van der Waals surface area contributed by atoms with Crippen LogP contribution in [0.5, 0.6) is 5.75 Å². The van der Waals surface area contributed by atoms with Gasteiger partial charge in [0.05, 0.1) is 22.4 Å². The molecular weight excluding hydrogens is 425 g/mol. The van der Waals surface area contributed by atoms with Gasteiger partial charge in [-0.1, -0.05) is 0 Å². The number of fused-ring (bicyclic) bond motifs is 2. The zero-order valence-electron chi connectivity index (χ0n) is 16.5. The van der Waals surface area contributed by atoms with E-state index in [1.165, 1.54) is 16.4 Å². The molecule has 2 aromatic carbocycles. The number of benzene rings is 2. The monoisotopic (exact) mass is 445 g/mol. The molecule has 1 fully saturated rings. The van der Waals surface area contributed by atoms with E-state index < -0.39 is 33.1 Å². The summed E-state index contributed by atoms with van der Waals surface area (Å²) in [5.41, 5.74) is -0.00656. The Bertz CT molecular complexity index is 1400. The van der Waals surface area contributed by atoms with Crippen LogP contribution in [0.15, 0.2) is 50.9 Å². The molecule has 0 atom stereocenters. The van der Waals surface area contributed by atoms with Gasteiger partial charge in [-0.15, -0.1) is 0 Å². The molecule has 0 spiro atoms. The topological polar surface area (TPSA) is 101 Å². The molecule has 0 bridgehead atoms. The van der Waals surface area contributed by atoms with Crippen molar-refractivity contribution in [2.75, 3.05) is 19.7 Å². The van der Waals surface area contributed by atoms with Gasteiger partial charge in [0.15, 0.2) is 0 Å². The van der Waals surface area contributed by atoms with Gasteiger partial charge in [-0.25, -0.2) is 17.6 Å². The quantitative estimate of drug-likeness (QED) is 0.662. The molecule has 1 aromatic heterocycles. The molecule has 3 aromatic rings. The third-order valence-electron chi connectivity index (χ3n) is 5.98. The van der Waals surface area contributed by atoms with Gasteiger partial charge in [0.1, 0.15) is 11.6 Å². The molecule has 1 N–H and O–H groups in total. The molecule has 31 heavy (non-hydrogen) atoms. The number of hydrogen-bond donors (Lipinski definition) is 1. The smallest absolute Gasteiger partial charge is 0.329 e. The van der Waals surface area contributed by atoms with Gasteiger partial charge in [0.25, 0.3) is 5.56 Å². The highest BCUT2D eigenvalue weighted by Crippen LogP contribution is 2.31. The number of sulfonamides is 1. The first kappa shape index (κ1) is 20.0. The number of halogens is 1. The molecule has 162 valence electrons. The molecule has 1 saturated heterocycles. The third-order valence-corrected chi connectivity index (χ3v) is 7.87. The van der Waals surface area contributed by atoms with E-state index in [0.29, 0.717) is 31.6 Å². The maximum atomic E-state index is 13.6. The van der Waals surface area contributed by atoms with Crippen LogP contribution in [0.4, 0.5) is 4.39 Å². The maximum Gasteiger partial charge on any atom is 0.329 e. The predicted octanol–water partition coefficient (Wildman–Crippen LogP) is 1.79. The standard InChI is InChI=1S/C21H20FN3O5S/c22-14-1-3-18-17(12-14)20(26)25(21(27)23-18)15-5-8-24(9-6-15)31(28,29)16-2-4-19-13(11-16)7-10-30-19/h1-4,11-12,15H,5-10H2,(H,23,27). The van der Waals surface area contributed by atoms with Crippen molar-refractivity contribution in [2.24, 2.45) is 0 Å². The van der Waals surface area contributed by atoms with Crippen molar-refractivity contribution in [3.8, 4) is 5.75 Å². The van der Waals surface area contributed by atoms with Crippen LogP contribution in [0.2, 0.25) is 0 Å². The minimum absolute atomic E-state index is 0.0926. The van der Waals surface area contributed by atoms with Crippen LogP contribution in [-0.2, 0) is 16.4 Å². The first-order chi connectivity index (χ1) is 14.8. The zero-order chi connectivity index (χ0) is 21.8. The average molecular weight is 445 g/mol. The Kier molecular flexibility index (Phi) is 4.71. The number of aromatic amines is 1. The van der Waals surface area contributed by atoms with Crippen LogP contribution in [0.1, 0.15) is 24.4 Å². The van der Waals surface area contributed by atoms with Gasteiger partial charge in [-0.3, -0.25) is 9.36 Å². The van der Waals surface area contributed by atoms with E-state index in [-0.39, 0.29) is 28.9 Å². The number of ether oxygens (including phenoxy) is 1. The summed E-state index contributed by atoms with van der Waals surface area (Å²) in [6, 6.07) is 8.03. The summed E-state index contributed by atoms with van der Waals surface area (Å²) >= 11 is 0. The minimum Gasteiger partial charge on any atom is -0.493 e. The van der Waals surface area contributed by atoms with Gasteiger partial charge in [0, 0.05) is 25.6 Å². The number of nitrogens with one attached hydrogen (secondary N) is 1. The average Bonchev–Trinajstić information content (AvgIpc) is 3.23. The van der Waals surface area contributed by atoms with Crippen molar-refractivity contribution in [1.29, 1.82) is 0 Å². The SMILES string of the molecule is O=c1[nH]c2ccc(F)cc2c(=O)n1C1CCN(S(=O)(=O)c2ccc3c(c2)CCO3)CC1. The minimum atomic E-state index is -3.69. The van der Waals surface area contributed by atoms with Crippen LogP contribution in [-0.4, -0.2) is 42.0 Å². The summed E-state index contributed by atoms with van der Waals surface area (Å²) in [5.74, 6) is 0.146. The summed E-state index contributed by atoms with van der Waals surface area (Å²) in [5, 5.41) is 0.0926. The fourth-order valence-corrected chi connectivity index (χ4v) is 5.87. The zero-order valence-corrected chi connectivity index (χ0v) is 17.3. The van der Waals surface area contributed by atoms with E-state index in [1.807, 2.05) is 0 Å². The van der Waals surface area contributed by atoms with E-state index >= 15 is 0 Å². The summed E-state index contributed by atoms with van der Waals surface area (Å²) in [7, 11) is -3.69. The van der Waals surface area contributed by atoms with Gasteiger partial charge in [-0.2, -0.15) is 4.31 Å².